The van der Waals surface area contributed by atoms with E-state index in [4.69, 9.17) is 4.74 Å². The third kappa shape index (κ3) is 4.52. The second-order valence-electron chi connectivity index (χ2n) is 7.97. The summed E-state index contributed by atoms with van der Waals surface area (Å²) in [5, 5.41) is 14.6. The molecule has 0 aliphatic carbocycles. The summed E-state index contributed by atoms with van der Waals surface area (Å²) >= 11 is 0. The molecule has 2 N–H and O–H groups in total. The summed E-state index contributed by atoms with van der Waals surface area (Å²) in [6.07, 6.45) is 3.54. The first-order valence-electron chi connectivity index (χ1n) is 10.9. The maximum atomic E-state index is 14.1. The quantitative estimate of drug-likeness (QED) is 0.438. The van der Waals surface area contributed by atoms with Gasteiger partial charge in [0.2, 0.25) is 5.82 Å². The van der Waals surface area contributed by atoms with E-state index in [-0.39, 0.29) is 18.3 Å². The van der Waals surface area contributed by atoms with Crippen LogP contribution < -0.4 is 15.4 Å². The topological polar surface area (TPSA) is 107 Å². The van der Waals surface area contributed by atoms with E-state index in [9.17, 15) is 13.6 Å². The smallest absolute Gasteiger partial charge is 0.251 e. The minimum atomic E-state index is -1.04. The predicted octanol–water partition coefficient (Wildman–Crippen LogP) is 3.42. The van der Waals surface area contributed by atoms with Crippen LogP contribution in [0.5, 0.6) is 5.75 Å². The van der Waals surface area contributed by atoms with Gasteiger partial charge in [-0.25, -0.2) is 14.4 Å². The molecule has 1 atom stereocenters. The molecule has 2 aromatic carbocycles. The fourth-order valence-corrected chi connectivity index (χ4v) is 3.91. The highest BCUT2D eigenvalue weighted by Crippen LogP contribution is 2.35. The van der Waals surface area contributed by atoms with E-state index in [0.29, 0.717) is 47.1 Å². The SMILES string of the molecule is Cn1c(CNc2cccc(C(=O)N[C@@H]3CCOc4c3ccc(F)c4F)c2)nnc1-c1ccncn1. The number of halogens is 2. The van der Waals surface area contributed by atoms with Crippen LogP contribution in [-0.4, -0.2) is 37.2 Å². The number of benzene rings is 2. The lowest BCUT2D eigenvalue weighted by Gasteiger charge is -2.27. The summed E-state index contributed by atoms with van der Waals surface area (Å²) in [6.45, 7) is 0.548. The van der Waals surface area contributed by atoms with Gasteiger partial charge < -0.3 is 19.9 Å². The van der Waals surface area contributed by atoms with Crippen molar-refractivity contribution in [2.75, 3.05) is 11.9 Å². The zero-order chi connectivity index (χ0) is 24.4. The van der Waals surface area contributed by atoms with Crippen LogP contribution in [0, 0.1) is 11.6 Å². The van der Waals surface area contributed by atoms with E-state index in [1.54, 1.807) is 30.5 Å². The molecule has 2 aromatic heterocycles. The molecule has 0 spiro atoms. The zero-order valence-corrected chi connectivity index (χ0v) is 18.7. The van der Waals surface area contributed by atoms with Crippen molar-refractivity contribution in [2.45, 2.75) is 19.0 Å². The summed E-state index contributed by atoms with van der Waals surface area (Å²) in [5.74, 6) is -1.21. The minimum absolute atomic E-state index is 0.151. The molecule has 0 saturated heterocycles. The molecule has 4 aromatic rings. The van der Waals surface area contributed by atoms with Gasteiger partial charge in [0.25, 0.3) is 5.91 Å². The van der Waals surface area contributed by atoms with Crippen molar-refractivity contribution < 1.29 is 18.3 Å². The lowest BCUT2D eigenvalue weighted by Crippen LogP contribution is -2.32. The molecule has 0 radical (unpaired) electrons. The molecular formula is C24H21F2N7O2. The van der Waals surface area contributed by atoms with Gasteiger partial charge in [0.05, 0.1) is 19.2 Å². The number of nitrogens with zero attached hydrogens (tertiary/aromatic N) is 5. The highest BCUT2D eigenvalue weighted by molar-refractivity contribution is 5.95. The number of hydrogen-bond acceptors (Lipinski definition) is 7. The highest BCUT2D eigenvalue weighted by atomic mass is 19.2. The summed E-state index contributed by atoms with van der Waals surface area (Å²) < 4.78 is 34.8. The Morgan fingerprint density at radius 2 is 2.09 bits per heavy atom. The number of rotatable bonds is 6. The lowest BCUT2D eigenvalue weighted by molar-refractivity contribution is 0.0923. The highest BCUT2D eigenvalue weighted by Gasteiger charge is 2.27. The Labute approximate surface area is 199 Å². The number of amides is 1. The molecule has 178 valence electrons. The van der Waals surface area contributed by atoms with E-state index in [2.05, 4.69) is 30.8 Å². The van der Waals surface area contributed by atoms with E-state index < -0.39 is 17.7 Å². The molecule has 0 bridgehead atoms. The second kappa shape index (κ2) is 9.45. The van der Waals surface area contributed by atoms with Gasteiger partial charge >= 0.3 is 0 Å². The molecule has 1 aliphatic rings. The van der Waals surface area contributed by atoms with Crippen molar-refractivity contribution in [2.24, 2.45) is 7.05 Å². The summed E-state index contributed by atoms with van der Waals surface area (Å²) in [4.78, 5) is 21.0. The summed E-state index contributed by atoms with van der Waals surface area (Å²) in [5.41, 5.74) is 2.21. The molecule has 0 unspecified atom stereocenters. The van der Waals surface area contributed by atoms with E-state index in [0.717, 1.165) is 6.07 Å². The molecule has 0 fully saturated rings. The number of aromatic nitrogens is 5. The van der Waals surface area contributed by atoms with Gasteiger partial charge in [-0.15, -0.1) is 10.2 Å². The fourth-order valence-electron chi connectivity index (χ4n) is 3.91. The molecule has 11 heteroatoms. The number of carbonyl (C=O) groups excluding carboxylic acids is 1. The average Bonchev–Trinajstić information content (AvgIpc) is 3.26. The van der Waals surface area contributed by atoms with Crippen molar-refractivity contribution in [3.63, 3.8) is 0 Å². The maximum absolute atomic E-state index is 14.1. The predicted molar refractivity (Wildman–Crippen MR) is 122 cm³/mol. The Balaban J connectivity index is 1.27. The Morgan fingerprint density at radius 1 is 1.20 bits per heavy atom. The monoisotopic (exact) mass is 477 g/mol. The van der Waals surface area contributed by atoms with Gasteiger partial charge in [-0.2, -0.15) is 4.39 Å². The van der Waals surface area contributed by atoms with E-state index >= 15 is 0 Å². The van der Waals surface area contributed by atoms with Crippen LogP contribution in [0.2, 0.25) is 0 Å². The third-order valence-corrected chi connectivity index (χ3v) is 5.77. The van der Waals surface area contributed by atoms with Gasteiger partial charge in [0.1, 0.15) is 12.0 Å². The first-order valence-corrected chi connectivity index (χ1v) is 10.9. The van der Waals surface area contributed by atoms with Gasteiger partial charge in [-0.05, 0) is 30.3 Å². The van der Waals surface area contributed by atoms with Crippen LogP contribution in [0.15, 0.2) is 55.0 Å². The van der Waals surface area contributed by atoms with Crippen LogP contribution in [-0.2, 0) is 13.6 Å². The van der Waals surface area contributed by atoms with Gasteiger partial charge in [-0.3, -0.25) is 4.79 Å². The normalized spacial score (nSPS) is 14.7. The zero-order valence-electron chi connectivity index (χ0n) is 18.7. The maximum Gasteiger partial charge on any atom is 0.251 e. The van der Waals surface area contributed by atoms with Crippen molar-refractivity contribution in [1.29, 1.82) is 0 Å². The number of anilines is 1. The number of nitrogens with one attached hydrogen (secondary N) is 2. The van der Waals surface area contributed by atoms with Crippen molar-refractivity contribution in [1.82, 2.24) is 30.0 Å². The van der Waals surface area contributed by atoms with Crippen molar-refractivity contribution in [3.8, 4) is 17.3 Å². The molecule has 9 nitrogen and oxygen atoms in total. The largest absolute Gasteiger partial charge is 0.490 e. The molecule has 0 saturated carbocycles. The molecular weight excluding hydrogens is 456 g/mol. The fraction of sp³-hybridized carbons (Fsp3) is 0.208. The van der Waals surface area contributed by atoms with Gasteiger partial charge in [-0.1, -0.05) is 12.1 Å². The molecule has 35 heavy (non-hydrogen) atoms. The Hall–Kier alpha value is -4.41. The van der Waals surface area contributed by atoms with Crippen LogP contribution >= 0.6 is 0 Å². The standard InChI is InChI=1S/C24H21F2N7O2/c1-33-20(31-32-23(33)19-7-9-27-13-29-19)12-28-15-4-2-3-14(11-15)24(34)30-18-8-10-35-22-16(18)5-6-17(25)21(22)26/h2-7,9,11,13,18,28H,8,10,12H2,1H3,(H,30,34)/t18-/m1/s1. The molecule has 3 heterocycles. The first-order chi connectivity index (χ1) is 17.0. The van der Waals surface area contributed by atoms with Gasteiger partial charge in [0, 0.05) is 36.5 Å². The third-order valence-electron chi connectivity index (χ3n) is 5.77. The number of hydrogen-bond donors (Lipinski definition) is 2. The van der Waals surface area contributed by atoms with E-state index in [1.807, 2.05) is 17.7 Å². The van der Waals surface area contributed by atoms with Crippen molar-refractivity contribution >= 4 is 11.6 Å². The number of fused-ring (bicyclic) bond motifs is 1. The van der Waals surface area contributed by atoms with Crippen LogP contribution in [0.25, 0.3) is 11.5 Å². The van der Waals surface area contributed by atoms with E-state index in [1.165, 1.54) is 12.4 Å². The van der Waals surface area contributed by atoms with Crippen molar-refractivity contribution in [3.05, 3.63) is 83.6 Å². The molecule has 1 amide bonds. The van der Waals surface area contributed by atoms with Crippen LogP contribution in [0.4, 0.5) is 14.5 Å². The number of ether oxygens (including phenoxy) is 1. The van der Waals surface area contributed by atoms with Crippen LogP contribution in [0.1, 0.15) is 34.2 Å². The Bertz CT molecular complexity index is 1380. The first kappa shape index (κ1) is 22.4. The number of carbonyl (C=O) groups is 1. The van der Waals surface area contributed by atoms with Gasteiger partial charge in [0.15, 0.2) is 23.2 Å². The summed E-state index contributed by atoms with van der Waals surface area (Å²) in [7, 11) is 1.85. The van der Waals surface area contributed by atoms with Crippen LogP contribution in [0.3, 0.4) is 0 Å². The lowest BCUT2D eigenvalue weighted by atomic mass is 9.99. The molecule has 1 aliphatic heterocycles. The second-order valence-corrected chi connectivity index (χ2v) is 7.97. The Morgan fingerprint density at radius 3 is 2.91 bits per heavy atom. The average molecular weight is 477 g/mol. The Kier molecular flexibility index (Phi) is 6.04. The minimum Gasteiger partial charge on any atom is -0.490 e. The summed E-state index contributed by atoms with van der Waals surface area (Å²) in [6, 6.07) is 10.7. The molecule has 5 rings (SSSR count).